The van der Waals surface area contributed by atoms with Crippen molar-refractivity contribution in [3.63, 3.8) is 0 Å². The van der Waals surface area contributed by atoms with Crippen LogP contribution in [0.2, 0.25) is 0 Å². The maximum absolute atomic E-state index is 10.1. The van der Waals surface area contributed by atoms with Gasteiger partial charge in [0.05, 0.1) is 28.5 Å². The fraction of sp³-hybridized carbons (Fsp3) is 0.367. The summed E-state index contributed by atoms with van der Waals surface area (Å²) >= 11 is 0. The maximum atomic E-state index is 10.1. The molecule has 0 spiro atoms. The molecule has 0 atom stereocenters. The number of anilines is 1. The summed E-state index contributed by atoms with van der Waals surface area (Å²) in [7, 11) is 0. The molecule has 1 amide bonds. The molecular formula is C30H38N4O4. The summed E-state index contributed by atoms with van der Waals surface area (Å²) < 4.78 is 13.7. The molecule has 0 aliphatic rings. The zero-order chi connectivity index (χ0) is 27.9. The van der Waals surface area contributed by atoms with Crippen molar-refractivity contribution in [2.45, 2.75) is 66.0 Å². The first-order valence-electron chi connectivity index (χ1n) is 12.7. The maximum Gasteiger partial charge on any atom is 0.211 e. The smallest absolute Gasteiger partial charge is 0.211 e. The first-order valence-corrected chi connectivity index (χ1v) is 12.7. The molecule has 2 aromatic heterocycles. The minimum atomic E-state index is -0.888. The van der Waals surface area contributed by atoms with Crippen molar-refractivity contribution in [3.8, 4) is 17.2 Å². The van der Waals surface area contributed by atoms with Gasteiger partial charge in [0, 0.05) is 17.8 Å². The molecule has 8 heteroatoms. The van der Waals surface area contributed by atoms with Crippen LogP contribution in [0.5, 0.6) is 17.2 Å². The number of carbonyl (C=O) groups excluding carboxylic acids is 1. The molecule has 2 aromatic carbocycles. The SMILES string of the molecule is CC(C)(C)n1cc(NC=O)cn1.CCc1ccc(Oc2ccnc3ccc(OCC(C)(C)O)cc23)c(C)c1. The van der Waals surface area contributed by atoms with Gasteiger partial charge in [-0.05, 0) is 89.4 Å². The highest BCUT2D eigenvalue weighted by Gasteiger charge is 2.15. The Kier molecular flexibility index (Phi) is 9.12. The normalized spacial score (nSPS) is 11.5. The van der Waals surface area contributed by atoms with Gasteiger partial charge in [-0.3, -0.25) is 14.5 Å². The van der Waals surface area contributed by atoms with E-state index in [1.54, 1.807) is 37.1 Å². The number of nitrogens with one attached hydrogen (secondary N) is 1. The highest BCUT2D eigenvalue weighted by Crippen LogP contribution is 2.33. The average Bonchev–Trinajstić information content (AvgIpc) is 3.34. The van der Waals surface area contributed by atoms with Crippen LogP contribution in [-0.2, 0) is 16.8 Å². The van der Waals surface area contributed by atoms with Gasteiger partial charge in [-0.25, -0.2) is 0 Å². The van der Waals surface area contributed by atoms with E-state index in [0.717, 1.165) is 40.1 Å². The molecule has 8 nitrogen and oxygen atoms in total. The van der Waals surface area contributed by atoms with E-state index in [2.05, 4.69) is 41.4 Å². The molecule has 0 saturated carbocycles. The van der Waals surface area contributed by atoms with Crippen LogP contribution in [0.25, 0.3) is 10.9 Å². The van der Waals surface area contributed by atoms with E-state index in [4.69, 9.17) is 9.47 Å². The van der Waals surface area contributed by atoms with Crippen LogP contribution in [-0.4, -0.2) is 38.5 Å². The molecule has 0 unspecified atom stereocenters. The number of hydrogen-bond donors (Lipinski definition) is 2. The third-order valence-corrected chi connectivity index (χ3v) is 5.63. The molecule has 0 radical (unpaired) electrons. The molecule has 0 saturated heterocycles. The minimum Gasteiger partial charge on any atom is -0.491 e. The van der Waals surface area contributed by atoms with Gasteiger partial charge in [0.1, 0.15) is 23.9 Å². The lowest BCUT2D eigenvalue weighted by Gasteiger charge is -2.18. The number of ether oxygens (including phenoxy) is 2. The predicted molar refractivity (Wildman–Crippen MR) is 151 cm³/mol. The number of aromatic nitrogens is 3. The third kappa shape index (κ3) is 8.05. The highest BCUT2D eigenvalue weighted by molar-refractivity contribution is 5.86. The van der Waals surface area contributed by atoms with Gasteiger partial charge in [0.25, 0.3) is 0 Å². The van der Waals surface area contributed by atoms with Gasteiger partial charge in [-0.15, -0.1) is 0 Å². The van der Waals surface area contributed by atoms with Crippen LogP contribution >= 0.6 is 0 Å². The second-order valence-electron chi connectivity index (χ2n) is 10.8. The van der Waals surface area contributed by atoms with E-state index in [1.165, 1.54) is 5.56 Å². The van der Waals surface area contributed by atoms with Crippen LogP contribution in [0.1, 0.15) is 52.7 Å². The van der Waals surface area contributed by atoms with E-state index in [-0.39, 0.29) is 12.1 Å². The Morgan fingerprint density at radius 2 is 1.82 bits per heavy atom. The van der Waals surface area contributed by atoms with Crippen molar-refractivity contribution in [1.29, 1.82) is 0 Å². The number of fused-ring (bicyclic) bond motifs is 1. The van der Waals surface area contributed by atoms with Crippen molar-refractivity contribution >= 4 is 23.0 Å². The number of aryl methyl sites for hydroxylation is 2. The number of benzene rings is 2. The van der Waals surface area contributed by atoms with Crippen molar-refractivity contribution in [2.75, 3.05) is 11.9 Å². The fourth-order valence-corrected chi connectivity index (χ4v) is 3.54. The number of rotatable bonds is 8. The Balaban J connectivity index is 0.000000279. The van der Waals surface area contributed by atoms with Gasteiger partial charge < -0.3 is 19.9 Å². The van der Waals surface area contributed by atoms with E-state index in [1.807, 2.05) is 51.1 Å². The first kappa shape index (κ1) is 28.7. The summed E-state index contributed by atoms with van der Waals surface area (Å²) in [6.07, 6.45) is 6.81. The Morgan fingerprint density at radius 1 is 1.05 bits per heavy atom. The van der Waals surface area contributed by atoms with Crippen LogP contribution in [0, 0.1) is 6.92 Å². The van der Waals surface area contributed by atoms with Gasteiger partial charge in [0.15, 0.2) is 0 Å². The molecule has 0 fully saturated rings. The lowest BCUT2D eigenvalue weighted by molar-refractivity contribution is -0.105. The number of pyridine rings is 1. The quantitative estimate of drug-likeness (QED) is 0.267. The zero-order valence-electron chi connectivity index (χ0n) is 23.3. The summed E-state index contributed by atoms with van der Waals surface area (Å²) in [5.41, 5.74) is 3.02. The van der Waals surface area contributed by atoms with Crippen LogP contribution in [0.4, 0.5) is 5.69 Å². The summed E-state index contributed by atoms with van der Waals surface area (Å²) in [6, 6.07) is 13.8. The monoisotopic (exact) mass is 518 g/mol. The molecule has 38 heavy (non-hydrogen) atoms. The fourth-order valence-electron chi connectivity index (χ4n) is 3.54. The van der Waals surface area contributed by atoms with Crippen LogP contribution < -0.4 is 14.8 Å². The number of hydrogen-bond acceptors (Lipinski definition) is 6. The molecule has 4 aromatic rings. The molecule has 0 bridgehead atoms. The molecule has 2 N–H and O–H groups in total. The molecule has 4 rings (SSSR count). The van der Waals surface area contributed by atoms with E-state index in [0.29, 0.717) is 12.2 Å². The molecule has 0 aliphatic carbocycles. The Morgan fingerprint density at radius 3 is 2.42 bits per heavy atom. The Hall–Kier alpha value is -3.91. The van der Waals surface area contributed by atoms with Crippen molar-refractivity contribution in [1.82, 2.24) is 14.8 Å². The summed E-state index contributed by atoms with van der Waals surface area (Å²) in [6.45, 7) is 14.0. The zero-order valence-corrected chi connectivity index (χ0v) is 23.3. The number of aliphatic hydroxyl groups is 1. The summed E-state index contributed by atoms with van der Waals surface area (Å²) in [4.78, 5) is 14.5. The highest BCUT2D eigenvalue weighted by atomic mass is 16.5. The van der Waals surface area contributed by atoms with Crippen LogP contribution in [0.3, 0.4) is 0 Å². The minimum absolute atomic E-state index is 0.0389. The predicted octanol–water partition coefficient (Wildman–Crippen LogP) is 6.25. The lowest BCUT2D eigenvalue weighted by atomic mass is 10.1. The molecular weight excluding hydrogens is 480 g/mol. The first-order chi connectivity index (χ1) is 17.9. The van der Waals surface area contributed by atoms with Gasteiger partial charge in [-0.1, -0.05) is 19.1 Å². The summed E-state index contributed by atoms with van der Waals surface area (Å²) in [5.74, 6) is 2.24. The second kappa shape index (κ2) is 12.1. The topological polar surface area (TPSA) is 98.5 Å². The van der Waals surface area contributed by atoms with E-state index < -0.39 is 5.60 Å². The van der Waals surface area contributed by atoms with Crippen molar-refractivity contribution < 1.29 is 19.4 Å². The van der Waals surface area contributed by atoms with Gasteiger partial charge in [0.2, 0.25) is 6.41 Å². The summed E-state index contributed by atoms with van der Waals surface area (Å²) in [5, 5.41) is 17.4. The van der Waals surface area contributed by atoms with Crippen molar-refractivity contribution in [3.05, 3.63) is 72.2 Å². The van der Waals surface area contributed by atoms with E-state index >= 15 is 0 Å². The molecule has 0 aliphatic heterocycles. The Labute approximate surface area is 224 Å². The molecule has 2 heterocycles. The van der Waals surface area contributed by atoms with Gasteiger partial charge >= 0.3 is 0 Å². The van der Waals surface area contributed by atoms with E-state index in [9.17, 15) is 9.90 Å². The standard InChI is InChI=1S/C22H25NO3.C8H13N3O/c1-5-16-6-9-20(15(2)12-16)26-21-10-11-23-19-8-7-17(13-18(19)21)25-14-22(3,4)24;1-8(2,3)11-5-7(4-10-11)9-6-12/h6-13,24H,5,14H2,1-4H3;4-6H,1-3H3,(H,9,12). The number of carbonyl (C=O) groups is 1. The second-order valence-corrected chi connectivity index (χ2v) is 10.8. The number of amides is 1. The largest absolute Gasteiger partial charge is 0.491 e. The lowest BCUT2D eigenvalue weighted by Crippen LogP contribution is -2.27. The average molecular weight is 519 g/mol. The number of nitrogens with zero attached hydrogens (tertiary/aromatic N) is 3. The third-order valence-electron chi connectivity index (χ3n) is 5.63. The van der Waals surface area contributed by atoms with Gasteiger partial charge in [-0.2, -0.15) is 5.10 Å². The molecule has 202 valence electrons. The van der Waals surface area contributed by atoms with Crippen molar-refractivity contribution in [2.24, 2.45) is 0 Å². The Bertz CT molecular complexity index is 1370. The van der Waals surface area contributed by atoms with Crippen LogP contribution in [0.15, 0.2) is 61.1 Å².